The second kappa shape index (κ2) is 8.00. The van der Waals surface area contributed by atoms with Gasteiger partial charge < -0.3 is 11.1 Å². The summed E-state index contributed by atoms with van der Waals surface area (Å²) < 4.78 is 0. The van der Waals surface area contributed by atoms with Crippen molar-refractivity contribution in [3.8, 4) is 12.1 Å². The summed E-state index contributed by atoms with van der Waals surface area (Å²) in [6.07, 6.45) is 0.172. The molecule has 0 unspecified atom stereocenters. The lowest BCUT2D eigenvalue weighted by Crippen LogP contribution is -2.28. The molecule has 1 rings (SSSR count). The molecule has 1 aromatic carbocycles. The number of benzene rings is 1. The number of rotatable bonds is 6. The Balaban J connectivity index is 2.51. The highest BCUT2D eigenvalue weighted by Gasteiger charge is 2.09. The van der Waals surface area contributed by atoms with Gasteiger partial charge in [0.1, 0.15) is 0 Å². The maximum atomic E-state index is 11.8. The lowest BCUT2D eigenvalue weighted by molar-refractivity contribution is -0.116. The van der Waals surface area contributed by atoms with Crippen molar-refractivity contribution in [3.63, 3.8) is 0 Å². The number of amides is 1. The maximum absolute atomic E-state index is 11.8. The van der Waals surface area contributed by atoms with Crippen molar-refractivity contribution in [1.82, 2.24) is 4.90 Å². The number of nitrogens with two attached hydrogens (primary N) is 1. The Morgan fingerprint density at radius 2 is 2.00 bits per heavy atom. The molecule has 104 valence electrons. The van der Waals surface area contributed by atoms with Crippen LogP contribution in [0.15, 0.2) is 18.2 Å². The van der Waals surface area contributed by atoms with E-state index in [0.717, 1.165) is 0 Å². The average molecular weight is 292 g/mol. The second-order valence-corrected chi connectivity index (χ2v) is 4.49. The number of nitriles is 2. The van der Waals surface area contributed by atoms with Gasteiger partial charge >= 0.3 is 0 Å². The SMILES string of the molecule is N#CCN(CC#N)CCC(=O)Nc1ccc(Cl)cc1N. The van der Waals surface area contributed by atoms with E-state index in [0.29, 0.717) is 22.9 Å². The molecule has 0 heterocycles. The number of halogens is 1. The Hall–Kier alpha value is -2.28. The van der Waals surface area contributed by atoms with E-state index in [9.17, 15) is 4.79 Å². The fraction of sp³-hybridized carbons (Fsp3) is 0.308. The van der Waals surface area contributed by atoms with Crippen LogP contribution in [0.25, 0.3) is 0 Å². The van der Waals surface area contributed by atoms with Crippen molar-refractivity contribution >= 4 is 28.9 Å². The monoisotopic (exact) mass is 291 g/mol. The molecule has 0 saturated carbocycles. The summed E-state index contributed by atoms with van der Waals surface area (Å²) in [6, 6.07) is 8.70. The second-order valence-electron chi connectivity index (χ2n) is 4.06. The van der Waals surface area contributed by atoms with Gasteiger partial charge in [-0.15, -0.1) is 0 Å². The number of nitrogens with one attached hydrogen (secondary N) is 1. The maximum Gasteiger partial charge on any atom is 0.225 e. The molecule has 0 aliphatic heterocycles. The first-order valence-electron chi connectivity index (χ1n) is 5.88. The van der Waals surface area contributed by atoms with Crippen LogP contribution >= 0.6 is 11.6 Å². The fourth-order valence-electron chi connectivity index (χ4n) is 1.53. The quantitative estimate of drug-likeness (QED) is 0.611. The van der Waals surface area contributed by atoms with E-state index in [4.69, 9.17) is 27.9 Å². The first-order chi connectivity index (χ1) is 9.56. The molecular weight excluding hydrogens is 278 g/mol. The summed E-state index contributed by atoms with van der Waals surface area (Å²) in [6.45, 7) is 0.564. The Kier molecular flexibility index (Phi) is 6.31. The molecule has 6 nitrogen and oxygen atoms in total. The third-order valence-corrected chi connectivity index (χ3v) is 2.77. The van der Waals surface area contributed by atoms with Gasteiger partial charge in [-0.3, -0.25) is 9.69 Å². The van der Waals surface area contributed by atoms with Crippen molar-refractivity contribution in [2.45, 2.75) is 6.42 Å². The number of anilines is 2. The van der Waals surface area contributed by atoms with Gasteiger partial charge in [0.2, 0.25) is 5.91 Å². The van der Waals surface area contributed by atoms with Gasteiger partial charge in [-0.25, -0.2) is 0 Å². The standard InChI is InChI=1S/C13H14ClN5O/c14-10-1-2-12(11(17)9-10)18-13(20)3-6-19(7-4-15)8-5-16/h1-2,9H,3,6-8,17H2,(H,18,20). The van der Waals surface area contributed by atoms with Crippen LogP contribution in [-0.4, -0.2) is 30.4 Å². The average Bonchev–Trinajstić information content (AvgIpc) is 2.40. The molecule has 1 aromatic rings. The van der Waals surface area contributed by atoms with Crippen molar-refractivity contribution in [1.29, 1.82) is 10.5 Å². The smallest absolute Gasteiger partial charge is 0.225 e. The zero-order valence-electron chi connectivity index (χ0n) is 10.8. The van der Waals surface area contributed by atoms with Crippen LogP contribution in [0, 0.1) is 22.7 Å². The fourth-order valence-corrected chi connectivity index (χ4v) is 1.71. The Labute approximate surface area is 122 Å². The summed E-state index contributed by atoms with van der Waals surface area (Å²) in [4.78, 5) is 13.4. The van der Waals surface area contributed by atoms with Crippen LogP contribution < -0.4 is 11.1 Å². The predicted octanol–water partition coefficient (Wildman–Crippen LogP) is 1.60. The molecule has 0 radical (unpaired) electrons. The van der Waals surface area contributed by atoms with Crippen molar-refractivity contribution < 1.29 is 4.79 Å². The number of hydrogen-bond acceptors (Lipinski definition) is 5. The molecule has 0 aromatic heterocycles. The van der Waals surface area contributed by atoms with Crippen LogP contribution in [0.5, 0.6) is 0 Å². The van der Waals surface area contributed by atoms with Crippen molar-refractivity contribution in [2.24, 2.45) is 0 Å². The summed E-state index contributed by atoms with van der Waals surface area (Å²) in [5.41, 5.74) is 6.60. The topological polar surface area (TPSA) is 106 Å². The summed E-state index contributed by atoms with van der Waals surface area (Å²) in [5, 5.41) is 20.3. The third-order valence-electron chi connectivity index (χ3n) is 2.53. The molecule has 0 aliphatic rings. The molecule has 0 bridgehead atoms. The third kappa shape index (κ3) is 5.15. The van der Waals surface area contributed by atoms with Gasteiger partial charge in [0.05, 0.1) is 36.6 Å². The highest BCUT2D eigenvalue weighted by molar-refractivity contribution is 6.31. The summed E-state index contributed by atoms with van der Waals surface area (Å²) in [7, 11) is 0. The van der Waals surface area contributed by atoms with E-state index in [1.165, 1.54) is 0 Å². The van der Waals surface area contributed by atoms with E-state index in [-0.39, 0.29) is 25.4 Å². The number of carbonyl (C=O) groups is 1. The number of nitrogens with zero attached hydrogens (tertiary/aromatic N) is 3. The molecule has 0 atom stereocenters. The van der Waals surface area contributed by atoms with E-state index < -0.39 is 0 Å². The van der Waals surface area contributed by atoms with Crippen LogP contribution in [0.3, 0.4) is 0 Å². The zero-order chi connectivity index (χ0) is 15.0. The Bertz CT molecular complexity index is 545. The molecule has 0 saturated heterocycles. The summed E-state index contributed by atoms with van der Waals surface area (Å²) >= 11 is 5.77. The van der Waals surface area contributed by atoms with E-state index in [2.05, 4.69) is 5.32 Å². The predicted molar refractivity (Wildman–Crippen MR) is 76.8 cm³/mol. The Morgan fingerprint density at radius 3 is 2.55 bits per heavy atom. The first kappa shape index (κ1) is 15.8. The number of hydrogen-bond donors (Lipinski definition) is 2. The van der Waals surface area contributed by atoms with Gasteiger partial charge in [-0.2, -0.15) is 10.5 Å². The lowest BCUT2D eigenvalue weighted by Gasteiger charge is -2.15. The minimum atomic E-state index is -0.236. The highest BCUT2D eigenvalue weighted by atomic mass is 35.5. The van der Waals surface area contributed by atoms with Crippen LogP contribution in [0.4, 0.5) is 11.4 Å². The van der Waals surface area contributed by atoms with Crippen molar-refractivity contribution in [2.75, 3.05) is 30.7 Å². The number of carbonyl (C=O) groups excluding carboxylic acids is 1. The molecule has 20 heavy (non-hydrogen) atoms. The van der Waals surface area contributed by atoms with Crippen molar-refractivity contribution in [3.05, 3.63) is 23.2 Å². The highest BCUT2D eigenvalue weighted by Crippen LogP contribution is 2.22. The van der Waals surface area contributed by atoms with Crippen LogP contribution in [0.2, 0.25) is 5.02 Å². The molecule has 0 fully saturated rings. The van der Waals surface area contributed by atoms with Gasteiger partial charge in [0.25, 0.3) is 0 Å². The van der Waals surface area contributed by atoms with E-state index in [1.807, 2.05) is 12.1 Å². The minimum absolute atomic E-state index is 0.115. The molecule has 1 amide bonds. The van der Waals surface area contributed by atoms with Gasteiger partial charge in [0.15, 0.2) is 0 Å². The molecular formula is C13H14ClN5O. The lowest BCUT2D eigenvalue weighted by atomic mass is 10.2. The van der Waals surface area contributed by atoms with Gasteiger partial charge in [-0.1, -0.05) is 11.6 Å². The summed E-state index contributed by atoms with van der Waals surface area (Å²) in [5.74, 6) is -0.236. The normalized spacial score (nSPS) is 9.80. The Morgan fingerprint density at radius 1 is 1.35 bits per heavy atom. The minimum Gasteiger partial charge on any atom is -0.397 e. The van der Waals surface area contributed by atoms with E-state index >= 15 is 0 Å². The number of nitrogen functional groups attached to an aromatic ring is 1. The van der Waals surface area contributed by atoms with Gasteiger partial charge in [0, 0.05) is 18.0 Å². The molecule has 7 heteroatoms. The van der Waals surface area contributed by atoms with Crippen LogP contribution in [0.1, 0.15) is 6.42 Å². The molecule has 0 aliphatic carbocycles. The largest absolute Gasteiger partial charge is 0.397 e. The zero-order valence-corrected chi connectivity index (χ0v) is 11.5. The van der Waals surface area contributed by atoms with Crippen LogP contribution in [-0.2, 0) is 4.79 Å². The molecule has 0 spiro atoms. The molecule has 3 N–H and O–H groups in total. The van der Waals surface area contributed by atoms with E-state index in [1.54, 1.807) is 23.1 Å². The first-order valence-corrected chi connectivity index (χ1v) is 6.25. The van der Waals surface area contributed by atoms with Gasteiger partial charge in [-0.05, 0) is 18.2 Å².